The van der Waals surface area contributed by atoms with Crippen LogP contribution < -0.4 is 15.2 Å². The molecule has 0 amide bonds. The summed E-state index contributed by atoms with van der Waals surface area (Å²) in [6.07, 6.45) is 14.0. The molecule has 146 valence electrons. The molecule has 2 aromatic carbocycles. The van der Waals surface area contributed by atoms with Crippen LogP contribution in [0.2, 0.25) is 0 Å². The fourth-order valence-corrected chi connectivity index (χ4v) is 2.92. The van der Waals surface area contributed by atoms with Crippen LogP contribution >= 0.6 is 0 Å². The Kier molecular flexibility index (Phi) is 7.59. The molecule has 1 heterocycles. The second-order valence-corrected chi connectivity index (χ2v) is 6.57. The van der Waals surface area contributed by atoms with Crippen molar-refractivity contribution in [1.29, 1.82) is 0 Å². The lowest BCUT2D eigenvalue weighted by Gasteiger charge is -2.17. The van der Waals surface area contributed by atoms with Crippen LogP contribution in [-0.4, -0.2) is 13.3 Å². The molecule has 0 unspecified atom stereocenters. The van der Waals surface area contributed by atoms with Crippen molar-refractivity contribution in [3.05, 3.63) is 95.8 Å². The highest BCUT2D eigenvalue weighted by atomic mass is 16.5. The first-order valence-electron chi connectivity index (χ1n) is 9.61. The summed E-state index contributed by atoms with van der Waals surface area (Å²) in [7, 11) is 0. The highest BCUT2D eigenvalue weighted by molar-refractivity contribution is 5.70. The average molecular weight is 385 g/mol. The molecule has 0 aliphatic rings. The van der Waals surface area contributed by atoms with Crippen LogP contribution in [0.4, 0.5) is 5.69 Å². The molecule has 4 heteroatoms. The van der Waals surface area contributed by atoms with Crippen LogP contribution in [0.25, 0.3) is 12.2 Å². The van der Waals surface area contributed by atoms with Gasteiger partial charge in [0.15, 0.2) is 18.9 Å². The Labute approximate surface area is 172 Å². The minimum absolute atomic E-state index is 0.255. The van der Waals surface area contributed by atoms with Gasteiger partial charge in [0.1, 0.15) is 6.61 Å². The highest BCUT2D eigenvalue weighted by Gasteiger charge is 2.04. The quantitative estimate of drug-likeness (QED) is 0.201. The summed E-state index contributed by atoms with van der Waals surface area (Å²) in [6, 6.07) is 25.4. The molecule has 4 nitrogen and oxygen atoms in total. The molecule has 0 aliphatic heterocycles. The molecule has 0 bridgehead atoms. The van der Waals surface area contributed by atoms with Gasteiger partial charge in [0, 0.05) is 23.9 Å². The molecule has 0 atom stereocenters. The zero-order valence-corrected chi connectivity index (χ0v) is 16.4. The van der Waals surface area contributed by atoms with Gasteiger partial charge < -0.3 is 10.5 Å². The standard InChI is InChI=1S/C25H26N3O/c1-2-28(20-24-6-4-3-5-7-24)25-12-10-22(11-13-25)8-9-23-14-16-27(17-15-23)18-19-29-21-26/h1,3-17H,18-21,26H2/q+1. The normalized spacial score (nSPS) is 10.8. The second kappa shape index (κ2) is 10.8. The molecule has 3 aromatic rings. The monoisotopic (exact) mass is 384 g/mol. The topological polar surface area (TPSA) is 42.4 Å². The fourth-order valence-electron chi connectivity index (χ4n) is 2.92. The highest BCUT2D eigenvalue weighted by Crippen LogP contribution is 2.18. The zero-order chi connectivity index (χ0) is 20.3. The van der Waals surface area contributed by atoms with Crippen molar-refractivity contribution in [2.75, 3.05) is 18.2 Å². The first-order valence-corrected chi connectivity index (χ1v) is 9.61. The van der Waals surface area contributed by atoms with Gasteiger partial charge in [-0.1, -0.05) is 61.0 Å². The molecule has 2 N–H and O–H groups in total. The van der Waals surface area contributed by atoms with E-state index in [0.29, 0.717) is 13.2 Å². The summed E-state index contributed by atoms with van der Waals surface area (Å²) >= 11 is 0. The predicted molar refractivity (Wildman–Crippen MR) is 118 cm³/mol. The van der Waals surface area contributed by atoms with Crippen molar-refractivity contribution in [3.63, 3.8) is 0 Å². The lowest BCUT2D eigenvalue weighted by Crippen LogP contribution is -2.35. The lowest BCUT2D eigenvalue weighted by molar-refractivity contribution is -0.698. The Balaban J connectivity index is 1.60. The number of pyridine rings is 1. The van der Waals surface area contributed by atoms with Gasteiger partial charge in [-0.3, -0.25) is 4.90 Å². The summed E-state index contributed by atoms with van der Waals surface area (Å²) in [5.41, 5.74) is 9.78. The maximum atomic E-state index is 5.72. The first kappa shape index (κ1) is 20.3. The molecule has 3 rings (SSSR count). The second-order valence-electron chi connectivity index (χ2n) is 6.57. The number of rotatable bonds is 9. The largest absolute Gasteiger partial charge is 0.360 e. The molecule has 0 aliphatic carbocycles. The third-order valence-corrected chi connectivity index (χ3v) is 4.54. The maximum Gasteiger partial charge on any atom is 0.171 e. The van der Waals surface area contributed by atoms with Gasteiger partial charge in [0.2, 0.25) is 0 Å². The van der Waals surface area contributed by atoms with Crippen molar-refractivity contribution in [2.45, 2.75) is 13.1 Å². The number of nitrogens with zero attached hydrogens (tertiary/aromatic N) is 2. The molecular weight excluding hydrogens is 358 g/mol. The number of benzene rings is 2. The number of hydrogen-bond acceptors (Lipinski definition) is 3. The number of ether oxygens (including phenoxy) is 1. The van der Waals surface area contributed by atoms with E-state index in [1.54, 1.807) is 0 Å². The van der Waals surface area contributed by atoms with Crippen molar-refractivity contribution in [2.24, 2.45) is 5.73 Å². The van der Waals surface area contributed by atoms with Crippen molar-refractivity contribution in [3.8, 4) is 12.5 Å². The van der Waals surface area contributed by atoms with Crippen LogP contribution in [-0.2, 0) is 17.8 Å². The van der Waals surface area contributed by atoms with Crippen LogP contribution in [0.1, 0.15) is 16.7 Å². The van der Waals surface area contributed by atoms with Gasteiger partial charge in [-0.05, 0) is 28.8 Å². The number of anilines is 1. The first-order chi connectivity index (χ1) is 14.3. The van der Waals surface area contributed by atoms with Gasteiger partial charge in [0.25, 0.3) is 0 Å². The Morgan fingerprint density at radius 3 is 2.21 bits per heavy atom. The van der Waals surface area contributed by atoms with E-state index in [4.69, 9.17) is 16.9 Å². The van der Waals surface area contributed by atoms with E-state index in [1.165, 1.54) is 5.56 Å². The third kappa shape index (κ3) is 6.32. The fraction of sp³-hybridized carbons (Fsp3) is 0.160. The van der Waals surface area contributed by atoms with Crippen LogP contribution in [0.3, 0.4) is 0 Å². The Bertz CT molecular complexity index is 942. The van der Waals surface area contributed by atoms with Crippen molar-refractivity contribution < 1.29 is 9.30 Å². The SMILES string of the molecule is C#CN(Cc1ccccc1)c1ccc(C=Cc2cc[n+](CCOCN)cc2)cc1. The number of aromatic nitrogens is 1. The van der Waals surface area contributed by atoms with Crippen LogP contribution in [0.5, 0.6) is 0 Å². The molecule has 0 spiro atoms. The molecule has 0 fully saturated rings. The Morgan fingerprint density at radius 2 is 1.59 bits per heavy atom. The van der Waals surface area contributed by atoms with E-state index in [-0.39, 0.29) is 6.73 Å². The number of terminal acetylenes is 1. The van der Waals surface area contributed by atoms with Gasteiger partial charge >= 0.3 is 0 Å². The summed E-state index contributed by atoms with van der Waals surface area (Å²) < 4.78 is 7.24. The van der Waals surface area contributed by atoms with Crippen molar-refractivity contribution >= 4 is 17.8 Å². The zero-order valence-electron chi connectivity index (χ0n) is 16.4. The minimum Gasteiger partial charge on any atom is -0.360 e. The maximum absolute atomic E-state index is 5.72. The van der Waals surface area contributed by atoms with E-state index in [9.17, 15) is 0 Å². The Hall–Kier alpha value is -3.39. The minimum atomic E-state index is 0.255. The number of nitrogens with two attached hydrogens (primary N) is 1. The summed E-state index contributed by atoms with van der Waals surface area (Å²) in [4.78, 5) is 1.91. The lowest BCUT2D eigenvalue weighted by atomic mass is 10.1. The summed E-state index contributed by atoms with van der Waals surface area (Å²) in [6.45, 7) is 2.34. The van der Waals surface area contributed by atoms with E-state index >= 15 is 0 Å². The third-order valence-electron chi connectivity index (χ3n) is 4.54. The van der Waals surface area contributed by atoms with E-state index in [1.807, 2.05) is 35.5 Å². The summed E-state index contributed by atoms with van der Waals surface area (Å²) in [5.74, 6) is 0. The van der Waals surface area contributed by atoms with Gasteiger partial charge in [-0.15, -0.1) is 0 Å². The molecule has 0 saturated carbocycles. The van der Waals surface area contributed by atoms with E-state index < -0.39 is 0 Å². The van der Waals surface area contributed by atoms with Crippen LogP contribution in [0, 0.1) is 12.5 Å². The van der Waals surface area contributed by atoms with Crippen molar-refractivity contribution in [1.82, 2.24) is 0 Å². The molecule has 29 heavy (non-hydrogen) atoms. The molecular formula is C25H26N3O+. The van der Waals surface area contributed by atoms with Gasteiger partial charge in [-0.2, -0.15) is 0 Å². The van der Waals surface area contributed by atoms with E-state index in [0.717, 1.165) is 23.4 Å². The molecule has 0 saturated heterocycles. The van der Waals surface area contributed by atoms with Gasteiger partial charge in [0.05, 0.1) is 13.3 Å². The molecule has 1 aromatic heterocycles. The van der Waals surface area contributed by atoms with Crippen LogP contribution in [0.15, 0.2) is 79.1 Å². The average Bonchev–Trinajstić information content (AvgIpc) is 2.78. The summed E-state index contributed by atoms with van der Waals surface area (Å²) in [5, 5.41) is 0. The van der Waals surface area contributed by atoms with E-state index in [2.05, 4.69) is 71.3 Å². The number of hydrogen-bond donors (Lipinski definition) is 1. The predicted octanol–water partition coefficient (Wildman–Crippen LogP) is 3.67. The Morgan fingerprint density at radius 1 is 0.931 bits per heavy atom. The smallest absolute Gasteiger partial charge is 0.171 e. The molecule has 0 radical (unpaired) electrons. The van der Waals surface area contributed by atoms with Gasteiger partial charge in [-0.25, -0.2) is 4.57 Å².